The van der Waals surface area contributed by atoms with Crippen molar-refractivity contribution in [2.24, 2.45) is 22.7 Å². The van der Waals surface area contributed by atoms with Crippen LogP contribution in [0.15, 0.2) is 0 Å². The Bertz CT molecular complexity index is 457. The molecule has 0 aromatic rings. The van der Waals surface area contributed by atoms with Gasteiger partial charge >= 0.3 is 11.9 Å². The van der Waals surface area contributed by atoms with E-state index >= 15 is 0 Å². The molecule has 2 rings (SSSR count). The van der Waals surface area contributed by atoms with Crippen LogP contribution in [0.4, 0.5) is 0 Å². The van der Waals surface area contributed by atoms with Gasteiger partial charge in [-0.3, -0.25) is 14.4 Å². The van der Waals surface area contributed by atoms with Crippen LogP contribution in [0.5, 0.6) is 0 Å². The molecule has 112 valence electrons. The minimum atomic E-state index is -0.715. The van der Waals surface area contributed by atoms with E-state index in [0.29, 0.717) is 12.8 Å². The van der Waals surface area contributed by atoms with Gasteiger partial charge in [0.25, 0.3) is 0 Å². The zero-order valence-electron chi connectivity index (χ0n) is 12.5. The number of ketones is 1. The largest absolute Gasteiger partial charge is 0.469 e. The summed E-state index contributed by atoms with van der Waals surface area (Å²) in [5.41, 5.74) is -1.32. The Morgan fingerprint density at radius 2 is 2.10 bits per heavy atom. The van der Waals surface area contributed by atoms with Crippen molar-refractivity contribution in [1.29, 1.82) is 0 Å². The van der Waals surface area contributed by atoms with Gasteiger partial charge < -0.3 is 9.47 Å². The zero-order valence-corrected chi connectivity index (χ0v) is 12.5. The molecule has 4 atom stereocenters. The van der Waals surface area contributed by atoms with Gasteiger partial charge in [0, 0.05) is 24.2 Å². The maximum absolute atomic E-state index is 12.5. The first-order chi connectivity index (χ1) is 9.26. The minimum Gasteiger partial charge on any atom is -0.469 e. The van der Waals surface area contributed by atoms with E-state index in [4.69, 9.17) is 9.47 Å². The third-order valence-electron chi connectivity index (χ3n) is 5.54. The van der Waals surface area contributed by atoms with Crippen molar-refractivity contribution in [3.05, 3.63) is 0 Å². The average molecular weight is 282 g/mol. The zero-order chi connectivity index (χ0) is 15.1. The fourth-order valence-corrected chi connectivity index (χ4v) is 3.76. The summed E-state index contributed by atoms with van der Waals surface area (Å²) in [7, 11) is 1.34. The molecule has 1 aliphatic heterocycles. The number of esters is 2. The Balaban J connectivity index is 2.33. The lowest BCUT2D eigenvalue weighted by molar-refractivity contribution is -0.153. The van der Waals surface area contributed by atoms with Gasteiger partial charge in [0.1, 0.15) is 5.78 Å². The van der Waals surface area contributed by atoms with Crippen LogP contribution >= 0.6 is 0 Å². The Morgan fingerprint density at radius 1 is 1.45 bits per heavy atom. The van der Waals surface area contributed by atoms with Gasteiger partial charge in [-0.25, -0.2) is 0 Å². The number of rotatable bonds is 3. The molecule has 1 aliphatic carbocycles. The molecule has 1 heterocycles. The number of ether oxygens (including phenoxy) is 2. The second-order valence-electron chi connectivity index (χ2n) is 6.46. The summed E-state index contributed by atoms with van der Waals surface area (Å²) in [6.45, 7) is 5.89. The second-order valence-corrected chi connectivity index (χ2v) is 6.46. The van der Waals surface area contributed by atoms with E-state index in [0.717, 1.165) is 0 Å². The fourth-order valence-electron chi connectivity index (χ4n) is 3.76. The Kier molecular flexibility index (Phi) is 3.65. The van der Waals surface area contributed by atoms with Crippen molar-refractivity contribution in [3.8, 4) is 0 Å². The molecule has 2 aliphatic rings. The van der Waals surface area contributed by atoms with Crippen LogP contribution in [0.2, 0.25) is 0 Å². The highest BCUT2D eigenvalue weighted by atomic mass is 16.5. The first kappa shape index (κ1) is 15.0. The molecular weight excluding hydrogens is 260 g/mol. The second kappa shape index (κ2) is 4.86. The summed E-state index contributed by atoms with van der Waals surface area (Å²) >= 11 is 0. The number of methoxy groups -OCH3 is 1. The smallest absolute Gasteiger partial charge is 0.312 e. The van der Waals surface area contributed by atoms with Gasteiger partial charge in [0.15, 0.2) is 0 Å². The van der Waals surface area contributed by atoms with Crippen LogP contribution in [0.1, 0.15) is 40.0 Å². The van der Waals surface area contributed by atoms with E-state index in [2.05, 4.69) is 0 Å². The standard InChI is InChI=1S/C15H22O5/c1-9(7-12(17)19-4)15(3)10-8-20-13(18)14(10,2)6-5-11(15)16/h9-10H,5-8H2,1-4H3/t9-,10-,14-,15+/m0/s1. The van der Waals surface area contributed by atoms with Crippen LogP contribution in [0, 0.1) is 22.7 Å². The van der Waals surface area contributed by atoms with Gasteiger partial charge in [-0.05, 0) is 19.3 Å². The highest BCUT2D eigenvalue weighted by Gasteiger charge is 2.62. The molecule has 5 nitrogen and oxygen atoms in total. The SMILES string of the molecule is COC(=O)C[C@H](C)[C@@]1(C)C(=O)CC[C@]2(C)C(=O)OC[C@H]12. The maximum Gasteiger partial charge on any atom is 0.312 e. The van der Waals surface area contributed by atoms with Crippen LogP contribution in [0.25, 0.3) is 0 Å². The molecule has 0 unspecified atom stereocenters. The van der Waals surface area contributed by atoms with E-state index in [9.17, 15) is 14.4 Å². The highest BCUT2D eigenvalue weighted by Crippen LogP contribution is 2.56. The minimum absolute atomic E-state index is 0.120. The van der Waals surface area contributed by atoms with Crippen molar-refractivity contribution in [2.75, 3.05) is 13.7 Å². The topological polar surface area (TPSA) is 69.7 Å². The predicted octanol–water partition coefficient (Wildman–Crippen LogP) is 1.73. The number of carbonyl (C=O) groups excluding carboxylic acids is 3. The Hall–Kier alpha value is -1.39. The van der Waals surface area contributed by atoms with E-state index in [1.165, 1.54) is 7.11 Å². The van der Waals surface area contributed by atoms with Gasteiger partial charge in [0.05, 0.1) is 19.1 Å². The molecule has 0 amide bonds. The van der Waals surface area contributed by atoms with E-state index in [1.54, 1.807) is 0 Å². The number of hydrogen-bond acceptors (Lipinski definition) is 5. The summed E-state index contributed by atoms with van der Waals surface area (Å²) in [5, 5.41) is 0. The number of Topliss-reactive ketones (excluding diaryl/α,β-unsaturated/α-hetero) is 1. The first-order valence-electron chi connectivity index (χ1n) is 7.04. The van der Waals surface area contributed by atoms with Crippen molar-refractivity contribution < 1.29 is 23.9 Å². The van der Waals surface area contributed by atoms with Gasteiger partial charge in [-0.15, -0.1) is 0 Å². The van der Waals surface area contributed by atoms with E-state index < -0.39 is 10.8 Å². The molecule has 1 saturated carbocycles. The maximum atomic E-state index is 12.5. The third kappa shape index (κ3) is 1.95. The number of carbonyl (C=O) groups is 3. The number of cyclic esters (lactones) is 1. The summed E-state index contributed by atoms with van der Waals surface area (Å²) in [4.78, 5) is 36.0. The van der Waals surface area contributed by atoms with Crippen molar-refractivity contribution in [3.63, 3.8) is 0 Å². The molecule has 1 saturated heterocycles. The molecule has 2 fully saturated rings. The lowest BCUT2D eigenvalue weighted by Crippen LogP contribution is -2.53. The van der Waals surface area contributed by atoms with Crippen molar-refractivity contribution in [2.45, 2.75) is 40.0 Å². The van der Waals surface area contributed by atoms with Gasteiger partial charge in [-0.2, -0.15) is 0 Å². The molecule has 0 bridgehead atoms. The number of fused-ring (bicyclic) bond motifs is 1. The van der Waals surface area contributed by atoms with Crippen molar-refractivity contribution in [1.82, 2.24) is 0 Å². The van der Waals surface area contributed by atoms with Gasteiger partial charge in [0.2, 0.25) is 0 Å². The Labute approximate surface area is 119 Å². The summed E-state index contributed by atoms with van der Waals surface area (Å²) in [6, 6.07) is 0. The molecular formula is C15H22O5. The van der Waals surface area contributed by atoms with Gasteiger partial charge in [-0.1, -0.05) is 13.8 Å². The summed E-state index contributed by atoms with van der Waals surface area (Å²) in [5.74, 6) is -0.768. The molecule has 0 aromatic carbocycles. The normalized spacial score (nSPS) is 38.1. The summed E-state index contributed by atoms with van der Waals surface area (Å²) < 4.78 is 9.92. The molecule has 20 heavy (non-hydrogen) atoms. The predicted molar refractivity (Wildman–Crippen MR) is 70.7 cm³/mol. The van der Waals surface area contributed by atoms with Crippen LogP contribution in [-0.2, 0) is 23.9 Å². The van der Waals surface area contributed by atoms with Crippen molar-refractivity contribution >= 4 is 17.7 Å². The molecule has 0 spiro atoms. The fraction of sp³-hybridized carbons (Fsp3) is 0.800. The summed E-state index contributed by atoms with van der Waals surface area (Å²) in [6.07, 6.45) is 1.08. The third-order valence-corrected chi connectivity index (χ3v) is 5.54. The first-order valence-corrected chi connectivity index (χ1v) is 7.04. The quantitative estimate of drug-likeness (QED) is 0.737. The van der Waals surface area contributed by atoms with E-state index in [-0.39, 0.29) is 42.6 Å². The molecule has 0 radical (unpaired) electrons. The lowest BCUT2D eigenvalue weighted by Gasteiger charge is -2.47. The van der Waals surface area contributed by atoms with Crippen LogP contribution in [-0.4, -0.2) is 31.4 Å². The average Bonchev–Trinajstić information content (AvgIpc) is 2.71. The number of hydrogen-bond donors (Lipinski definition) is 0. The highest BCUT2D eigenvalue weighted by molar-refractivity contribution is 5.91. The van der Waals surface area contributed by atoms with E-state index in [1.807, 2.05) is 20.8 Å². The lowest BCUT2D eigenvalue weighted by atomic mass is 9.52. The molecule has 5 heteroatoms. The van der Waals surface area contributed by atoms with Crippen LogP contribution < -0.4 is 0 Å². The van der Waals surface area contributed by atoms with Crippen LogP contribution in [0.3, 0.4) is 0 Å². The molecule has 0 aromatic heterocycles. The monoisotopic (exact) mass is 282 g/mol. The molecule has 0 N–H and O–H groups in total. The Morgan fingerprint density at radius 3 is 2.70 bits per heavy atom.